The van der Waals surface area contributed by atoms with Gasteiger partial charge in [0.25, 0.3) is 0 Å². The monoisotopic (exact) mass is 261 g/mol. The van der Waals surface area contributed by atoms with Gasteiger partial charge in [0, 0.05) is 24.3 Å². The van der Waals surface area contributed by atoms with Gasteiger partial charge in [0.05, 0.1) is 0 Å². The van der Waals surface area contributed by atoms with Crippen LogP contribution < -0.4 is 11.1 Å². The molecule has 0 fully saturated rings. The number of nitrogen functional groups attached to an aromatic ring is 1. The highest BCUT2D eigenvalue weighted by Gasteiger charge is 2.23. The summed E-state index contributed by atoms with van der Waals surface area (Å²) in [6.07, 6.45) is 2.34. The fourth-order valence-electron chi connectivity index (χ4n) is 3.08. The van der Waals surface area contributed by atoms with Gasteiger partial charge in [-0.25, -0.2) is 0 Å². The Bertz CT molecular complexity index is 412. The fourth-order valence-corrected chi connectivity index (χ4v) is 3.08. The summed E-state index contributed by atoms with van der Waals surface area (Å²) >= 11 is 0. The second-order valence-electron chi connectivity index (χ2n) is 5.60. The van der Waals surface area contributed by atoms with E-state index in [0.717, 1.165) is 31.7 Å². The van der Waals surface area contributed by atoms with Crippen molar-refractivity contribution in [3.63, 3.8) is 0 Å². The van der Waals surface area contributed by atoms with Crippen LogP contribution in [0.3, 0.4) is 0 Å². The van der Waals surface area contributed by atoms with Crippen LogP contribution in [0, 0.1) is 0 Å². The van der Waals surface area contributed by atoms with Gasteiger partial charge < -0.3 is 16.0 Å². The number of likely N-dealkylation sites (N-methyl/N-ethyl adjacent to an activating group) is 1. The van der Waals surface area contributed by atoms with E-state index >= 15 is 0 Å². The van der Waals surface area contributed by atoms with E-state index in [9.17, 15) is 0 Å². The topological polar surface area (TPSA) is 41.3 Å². The predicted molar refractivity (Wildman–Crippen MR) is 82.3 cm³/mol. The van der Waals surface area contributed by atoms with Crippen LogP contribution in [-0.4, -0.2) is 30.6 Å². The third kappa shape index (κ3) is 3.48. The quantitative estimate of drug-likeness (QED) is 0.773. The summed E-state index contributed by atoms with van der Waals surface area (Å²) in [6, 6.07) is 7.37. The van der Waals surface area contributed by atoms with E-state index in [0.29, 0.717) is 12.1 Å². The van der Waals surface area contributed by atoms with E-state index in [1.807, 2.05) is 6.07 Å². The van der Waals surface area contributed by atoms with E-state index in [-0.39, 0.29) is 0 Å². The van der Waals surface area contributed by atoms with Crippen molar-refractivity contribution in [2.75, 3.05) is 25.4 Å². The summed E-state index contributed by atoms with van der Waals surface area (Å²) in [6.45, 7) is 10.1. The van der Waals surface area contributed by atoms with E-state index in [2.05, 4.69) is 43.1 Å². The highest BCUT2D eigenvalue weighted by atomic mass is 15.1. The van der Waals surface area contributed by atoms with Crippen molar-refractivity contribution in [2.45, 2.75) is 45.7 Å². The normalized spacial score (nSPS) is 19.7. The molecule has 2 rings (SSSR count). The van der Waals surface area contributed by atoms with Crippen LogP contribution in [0.5, 0.6) is 0 Å². The molecule has 3 nitrogen and oxygen atoms in total. The van der Waals surface area contributed by atoms with Crippen LogP contribution >= 0.6 is 0 Å². The molecule has 1 aliphatic carbocycles. The number of hydrogen-bond donors (Lipinski definition) is 2. The summed E-state index contributed by atoms with van der Waals surface area (Å²) in [4.78, 5) is 2.47. The van der Waals surface area contributed by atoms with Crippen molar-refractivity contribution in [3.8, 4) is 0 Å². The van der Waals surface area contributed by atoms with Crippen molar-refractivity contribution in [1.82, 2.24) is 10.2 Å². The average Bonchev–Trinajstić information content (AvgIpc) is 2.78. The molecule has 1 aromatic carbocycles. The Morgan fingerprint density at radius 2 is 2.11 bits per heavy atom. The standard InChI is InChI=1S/C16H27N3/c1-4-19(5-2)11-12(3)18-16-9-6-13-10-14(17)7-8-15(13)16/h7-8,10,12,16,18H,4-6,9,11,17H2,1-3H3. The Morgan fingerprint density at radius 3 is 2.79 bits per heavy atom. The SMILES string of the molecule is CCN(CC)CC(C)NC1CCc2cc(N)ccc21. The number of anilines is 1. The Labute approximate surface area is 117 Å². The molecule has 0 amide bonds. The number of benzene rings is 1. The molecule has 3 N–H and O–H groups in total. The lowest BCUT2D eigenvalue weighted by Crippen LogP contribution is -2.40. The van der Waals surface area contributed by atoms with Crippen molar-refractivity contribution in [3.05, 3.63) is 29.3 Å². The van der Waals surface area contributed by atoms with Gasteiger partial charge in [0.1, 0.15) is 0 Å². The zero-order chi connectivity index (χ0) is 13.8. The van der Waals surface area contributed by atoms with Crippen LogP contribution in [0.2, 0.25) is 0 Å². The Morgan fingerprint density at radius 1 is 1.37 bits per heavy atom. The van der Waals surface area contributed by atoms with Crippen LogP contribution in [0.1, 0.15) is 44.4 Å². The van der Waals surface area contributed by atoms with Gasteiger partial charge in [-0.3, -0.25) is 0 Å². The number of hydrogen-bond acceptors (Lipinski definition) is 3. The molecule has 0 saturated carbocycles. The maximum atomic E-state index is 5.85. The van der Waals surface area contributed by atoms with Gasteiger partial charge in [-0.15, -0.1) is 0 Å². The molecule has 0 spiro atoms. The molecule has 0 radical (unpaired) electrons. The van der Waals surface area contributed by atoms with Crippen LogP contribution in [0.4, 0.5) is 5.69 Å². The van der Waals surface area contributed by atoms with E-state index in [1.54, 1.807) is 0 Å². The minimum absolute atomic E-state index is 0.501. The average molecular weight is 261 g/mol. The highest BCUT2D eigenvalue weighted by Crippen LogP contribution is 2.32. The fraction of sp³-hybridized carbons (Fsp3) is 0.625. The Hall–Kier alpha value is -1.06. The van der Waals surface area contributed by atoms with E-state index in [1.165, 1.54) is 17.5 Å². The second kappa shape index (κ2) is 6.40. The molecule has 3 heteroatoms. The van der Waals surface area contributed by atoms with Crippen molar-refractivity contribution < 1.29 is 0 Å². The molecule has 1 aliphatic rings. The molecular formula is C16H27N3. The number of nitrogens with zero attached hydrogens (tertiary/aromatic N) is 1. The highest BCUT2D eigenvalue weighted by molar-refractivity contribution is 5.47. The lowest BCUT2D eigenvalue weighted by atomic mass is 10.1. The van der Waals surface area contributed by atoms with Crippen molar-refractivity contribution >= 4 is 5.69 Å². The van der Waals surface area contributed by atoms with Gasteiger partial charge >= 0.3 is 0 Å². The zero-order valence-corrected chi connectivity index (χ0v) is 12.4. The van der Waals surface area contributed by atoms with Crippen molar-refractivity contribution in [2.24, 2.45) is 0 Å². The first-order valence-electron chi connectivity index (χ1n) is 7.50. The maximum Gasteiger partial charge on any atom is 0.0328 e. The van der Waals surface area contributed by atoms with Crippen molar-refractivity contribution in [1.29, 1.82) is 0 Å². The van der Waals surface area contributed by atoms with Crippen LogP contribution in [-0.2, 0) is 6.42 Å². The summed E-state index contributed by atoms with van der Waals surface area (Å²) in [5, 5.41) is 3.77. The molecule has 0 bridgehead atoms. The van der Waals surface area contributed by atoms with Crippen LogP contribution in [0.15, 0.2) is 18.2 Å². The zero-order valence-electron chi connectivity index (χ0n) is 12.4. The van der Waals surface area contributed by atoms with Gasteiger partial charge in [0.2, 0.25) is 0 Å². The molecule has 1 aromatic rings. The molecule has 19 heavy (non-hydrogen) atoms. The number of aryl methyl sites for hydroxylation is 1. The minimum Gasteiger partial charge on any atom is -0.399 e. The third-order valence-electron chi connectivity index (χ3n) is 4.16. The van der Waals surface area contributed by atoms with Gasteiger partial charge in [-0.1, -0.05) is 19.9 Å². The molecular weight excluding hydrogens is 234 g/mol. The molecule has 0 heterocycles. The molecule has 2 atom stereocenters. The first-order chi connectivity index (χ1) is 9.13. The second-order valence-corrected chi connectivity index (χ2v) is 5.60. The van der Waals surface area contributed by atoms with E-state index in [4.69, 9.17) is 5.73 Å². The summed E-state index contributed by atoms with van der Waals surface area (Å²) < 4.78 is 0. The number of rotatable bonds is 6. The lowest BCUT2D eigenvalue weighted by Gasteiger charge is -2.26. The van der Waals surface area contributed by atoms with Gasteiger partial charge in [-0.05, 0) is 56.1 Å². The lowest BCUT2D eigenvalue weighted by molar-refractivity contribution is 0.261. The molecule has 0 aliphatic heterocycles. The summed E-state index contributed by atoms with van der Waals surface area (Å²) in [5.41, 5.74) is 9.61. The first-order valence-corrected chi connectivity index (χ1v) is 7.50. The van der Waals surface area contributed by atoms with Gasteiger partial charge in [0.15, 0.2) is 0 Å². The number of nitrogens with one attached hydrogen (secondary N) is 1. The summed E-state index contributed by atoms with van der Waals surface area (Å²) in [5.74, 6) is 0. The maximum absolute atomic E-state index is 5.85. The number of nitrogens with two attached hydrogens (primary N) is 1. The molecule has 2 unspecified atom stereocenters. The molecule has 106 valence electrons. The Balaban J connectivity index is 1.95. The van der Waals surface area contributed by atoms with Crippen LogP contribution in [0.25, 0.3) is 0 Å². The largest absolute Gasteiger partial charge is 0.399 e. The number of fused-ring (bicyclic) bond motifs is 1. The first kappa shape index (κ1) is 14.4. The minimum atomic E-state index is 0.501. The van der Waals surface area contributed by atoms with E-state index < -0.39 is 0 Å². The van der Waals surface area contributed by atoms with Gasteiger partial charge in [-0.2, -0.15) is 0 Å². The molecule has 0 saturated heterocycles. The molecule has 0 aromatic heterocycles. The predicted octanol–water partition coefficient (Wildman–Crippen LogP) is 2.58. The summed E-state index contributed by atoms with van der Waals surface area (Å²) in [7, 11) is 0. The smallest absolute Gasteiger partial charge is 0.0328 e. The third-order valence-corrected chi connectivity index (χ3v) is 4.16. The Kier molecular flexibility index (Phi) is 4.83.